The first-order chi connectivity index (χ1) is 9.11. The summed E-state index contributed by atoms with van der Waals surface area (Å²) in [6.45, 7) is 6.44. The molecule has 2 heteroatoms. The number of aryl methyl sites for hydroxylation is 3. The first-order valence-electron chi connectivity index (χ1n) is 6.75. The molecule has 1 unspecified atom stereocenters. The molecule has 2 aromatic rings. The molecule has 0 aliphatic heterocycles. The first kappa shape index (κ1) is 13.8. The third-order valence-corrected chi connectivity index (χ3v) is 3.80. The van der Waals surface area contributed by atoms with Crippen molar-refractivity contribution >= 4 is 0 Å². The number of nitrogens with one attached hydrogen (secondary N) is 1. The number of rotatable bonds is 4. The molecule has 0 fully saturated rings. The van der Waals surface area contributed by atoms with Gasteiger partial charge in [-0.15, -0.1) is 0 Å². The van der Waals surface area contributed by atoms with E-state index in [2.05, 4.69) is 55.3 Å². The standard InChI is InChI=1S/C17H22N2/c1-12-5-6-15(9-13(12)2)10-17(18-4)16-7-8-19-11-14(16)3/h5-9,11,17-18H,10H2,1-4H3. The van der Waals surface area contributed by atoms with Gasteiger partial charge in [-0.05, 0) is 68.1 Å². The smallest absolute Gasteiger partial charge is 0.0362 e. The zero-order chi connectivity index (χ0) is 13.8. The lowest BCUT2D eigenvalue weighted by Crippen LogP contribution is -2.20. The molecule has 1 N–H and O–H groups in total. The summed E-state index contributed by atoms with van der Waals surface area (Å²) >= 11 is 0. The van der Waals surface area contributed by atoms with Crippen LogP contribution in [0, 0.1) is 20.8 Å². The number of pyridine rings is 1. The van der Waals surface area contributed by atoms with Crippen molar-refractivity contribution in [2.24, 2.45) is 0 Å². The summed E-state index contributed by atoms with van der Waals surface area (Å²) in [7, 11) is 2.02. The Labute approximate surface area is 115 Å². The van der Waals surface area contributed by atoms with Crippen LogP contribution >= 0.6 is 0 Å². The number of hydrogen-bond donors (Lipinski definition) is 1. The monoisotopic (exact) mass is 254 g/mol. The van der Waals surface area contributed by atoms with Crippen LogP contribution in [-0.4, -0.2) is 12.0 Å². The van der Waals surface area contributed by atoms with Crippen LogP contribution in [-0.2, 0) is 6.42 Å². The van der Waals surface area contributed by atoms with Gasteiger partial charge in [-0.3, -0.25) is 4.98 Å². The number of benzene rings is 1. The second-order valence-electron chi connectivity index (χ2n) is 5.20. The van der Waals surface area contributed by atoms with Crippen molar-refractivity contribution in [3.05, 3.63) is 64.5 Å². The number of likely N-dealkylation sites (N-methyl/N-ethyl adjacent to an activating group) is 1. The summed E-state index contributed by atoms with van der Waals surface area (Å²) in [5, 5.41) is 3.41. The number of nitrogens with zero attached hydrogens (tertiary/aromatic N) is 1. The molecule has 1 atom stereocenters. The summed E-state index contributed by atoms with van der Waals surface area (Å²) in [6.07, 6.45) is 4.80. The van der Waals surface area contributed by atoms with E-state index in [9.17, 15) is 0 Å². The molecule has 1 aromatic heterocycles. The molecular weight excluding hydrogens is 232 g/mol. The van der Waals surface area contributed by atoms with Crippen LogP contribution in [0.4, 0.5) is 0 Å². The topological polar surface area (TPSA) is 24.9 Å². The van der Waals surface area contributed by atoms with Crippen LogP contribution in [0.25, 0.3) is 0 Å². The van der Waals surface area contributed by atoms with E-state index in [-0.39, 0.29) is 0 Å². The molecule has 2 nitrogen and oxygen atoms in total. The largest absolute Gasteiger partial charge is 0.313 e. The van der Waals surface area contributed by atoms with Crippen molar-refractivity contribution < 1.29 is 0 Å². The van der Waals surface area contributed by atoms with Crippen LogP contribution in [0.15, 0.2) is 36.7 Å². The van der Waals surface area contributed by atoms with Crippen LogP contribution in [0.2, 0.25) is 0 Å². The summed E-state index contributed by atoms with van der Waals surface area (Å²) in [4.78, 5) is 4.17. The van der Waals surface area contributed by atoms with Gasteiger partial charge in [-0.1, -0.05) is 18.2 Å². The van der Waals surface area contributed by atoms with Gasteiger partial charge in [0.25, 0.3) is 0 Å². The molecule has 1 aromatic carbocycles. The molecule has 100 valence electrons. The highest BCUT2D eigenvalue weighted by Gasteiger charge is 2.12. The fourth-order valence-electron chi connectivity index (χ4n) is 2.41. The van der Waals surface area contributed by atoms with Crippen molar-refractivity contribution in [2.75, 3.05) is 7.05 Å². The molecule has 0 aliphatic rings. The van der Waals surface area contributed by atoms with Gasteiger partial charge in [0, 0.05) is 18.4 Å². The van der Waals surface area contributed by atoms with Gasteiger partial charge in [-0.2, -0.15) is 0 Å². The molecule has 0 radical (unpaired) electrons. The van der Waals surface area contributed by atoms with E-state index in [0.29, 0.717) is 6.04 Å². The molecule has 0 amide bonds. The predicted octanol–water partition coefficient (Wildman–Crippen LogP) is 3.51. The third kappa shape index (κ3) is 3.21. The van der Waals surface area contributed by atoms with E-state index in [1.807, 2.05) is 19.4 Å². The second-order valence-corrected chi connectivity index (χ2v) is 5.20. The fourth-order valence-corrected chi connectivity index (χ4v) is 2.41. The van der Waals surface area contributed by atoms with Gasteiger partial charge < -0.3 is 5.32 Å². The molecule has 0 spiro atoms. The van der Waals surface area contributed by atoms with Crippen LogP contribution in [0.5, 0.6) is 0 Å². The Balaban J connectivity index is 2.24. The van der Waals surface area contributed by atoms with Crippen molar-refractivity contribution in [1.29, 1.82) is 0 Å². The predicted molar refractivity (Wildman–Crippen MR) is 80.4 cm³/mol. The minimum Gasteiger partial charge on any atom is -0.313 e. The zero-order valence-electron chi connectivity index (χ0n) is 12.2. The van der Waals surface area contributed by atoms with Gasteiger partial charge in [-0.25, -0.2) is 0 Å². The SMILES string of the molecule is CNC(Cc1ccc(C)c(C)c1)c1ccncc1C. The van der Waals surface area contributed by atoms with E-state index in [1.165, 1.54) is 27.8 Å². The van der Waals surface area contributed by atoms with Gasteiger partial charge in [0.2, 0.25) is 0 Å². The van der Waals surface area contributed by atoms with E-state index in [1.54, 1.807) is 0 Å². The average Bonchev–Trinajstić information content (AvgIpc) is 2.41. The molecule has 0 aliphatic carbocycles. The van der Waals surface area contributed by atoms with Crippen LogP contribution < -0.4 is 5.32 Å². The van der Waals surface area contributed by atoms with Crippen molar-refractivity contribution in [3.8, 4) is 0 Å². The van der Waals surface area contributed by atoms with E-state index < -0.39 is 0 Å². The lowest BCUT2D eigenvalue weighted by atomic mass is 9.95. The maximum Gasteiger partial charge on any atom is 0.0362 e. The van der Waals surface area contributed by atoms with Gasteiger partial charge in [0.1, 0.15) is 0 Å². The summed E-state index contributed by atoms with van der Waals surface area (Å²) in [6, 6.07) is 9.17. The second kappa shape index (κ2) is 5.98. The first-order valence-corrected chi connectivity index (χ1v) is 6.75. The number of aromatic nitrogens is 1. The van der Waals surface area contributed by atoms with E-state index >= 15 is 0 Å². The summed E-state index contributed by atoms with van der Waals surface area (Å²) in [5.41, 5.74) is 6.66. The molecule has 19 heavy (non-hydrogen) atoms. The average molecular weight is 254 g/mol. The highest BCUT2D eigenvalue weighted by molar-refractivity contribution is 5.33. The van der Waals surface area contributed by atoms with Crippen molar-refractivity contribution in [1.82, 2.24) is 10.3 Å². The van der Waals surface area contributed by atoms with Crippen molar-refractivity contribution in [3.63, 3.8) is 0 Å². The maximum atomic E-state index is 4.17. The van der Waals surface area contributed by atoms with Crippen molar-refractivity contribution in [2.45, 2.75) is 33.2 Å². The number of hydrogen-bond acceptors (Lipinski definition) is 2. The molecule has 0 bridgehead atoms. The Morgan fingerprint density at radius 1 is 1.05 bits per heavy atom. The van der Waals surface area contributed by atoms with E-state index in [0.717, 1.165) is 6.42 Å². The van der Waals surface area contributed by atoms with Crippen LogP contribution in [0.1, 0.15) is 33.9 Å². The Bertz CT molecular complexity index is 561. The van der Waals surface area contributed by atoms with E-state index in [4.69, 9.17) is 0 Å². The quantitative estimate of drug-likeness (QED) is 0.903. The summed E-state index contributed by atoms with van der Waals surface area (Å²) < 4.78 is 0. The normalized spacial score (nSPS) is 12.4. The maximum absolute atomic E-state index is 4.17. The molecular formula is C17H22N2. The highest BCUT2D eigenvalue weighted by Crippen LogP contribution is 2.21. The lowest BCUT2D eigenvalue weighted by molar-refractivity contribution is 0.588. The van der Waals surface area contributed by atoms with Gasteiger partial charge >= 0.3 is 0 Å². The lowest BCUT2D eigenvalue weighted by Gasteiger charge is -2.19. The third-order valence-electron chi connectivity index (χ3n) is 3.80. The highest BCUT2D eigenvalue weighted by atomic mass is 14.9. The fraction of sp³-hybridized carbons (Fsp3) is 0.353. The Hall–Kier alpha value is -1.67. The zero-order valence-corrected chi connectivity index (χ0v) is 12.2. The molecule has 2 rings (SSSR count). The molecule has 0 saturated heterocycles. The van der Waals surface area contributed by atoms with Crippen LogP contribution in [0.3, 0.4) is 0 Å². The Kier molecular flexibility index (Phi) is 4.33. The Morgan fingerprint density at radius 3 is 2.47 bits per heavy atom. The minimum atomic E-state index is 0.338. The Morgan fingerprint density at radius 2 is 1.84 bits per heavy atom. The van der Waals surface area contributed by atoms with Gasteiger partial charge in [0.05, 0.1) is 0 Å². The minimum absolute atomic E-state index is 0.338. The summed E-state index contributed by atoms with van der Waals surface area (Å²) in [5.74, 6) is 0. The molecule has 1 heterocycles. The molecule has 0 saturated carbocycles. The van der Waals surface area contributed by atoms with Gasteiger partial charge in [0.15, 0.2) is 0 Å².